The third-order valence-corrected chi connectivity index (χ3v) is 3.93. The summed E-state index contributed by atoms with van der Waals surface area (Å²) in [5, 5.41) is 9.50. The molecule has 2 aromatic rings. The summed E-state index contributed by atoms with van der Waals surface area (Å²) in [5.41, 5.74) is 6.82. The molecular weight excluding hydrogens is 296 g/mol. The van der Waals surface area contributed by atoms with Crippen LogP contribution in [0.5, 0.6) is 0 Å². The van der Waals surface area contributed by atoms with Gasteiger partial charge in [0.05, 0.1) is 17.1 Å². The summed E-state index contributed by atoms with van der Waals surface area (Å²) in [7, 11) is 0. The number of hydrogen-bond acceptors (Lipinski definition) is 5. The second-order valence-corrected chi connectivity index (χ2v) is 5.49. The summed E-state index contributed by atoms with van der Waals surface area (Å²) in [6, 6.07) is 3.50. The molecule has 2 aromatic heterocycles. The Morgan fingerprint density at radius 2 is 2.35 bits per heavy atom. The second-order valence-electron chi connectivity index (χ2n) is 5.49. The van der Waals surface area contributed by atoms with Crippen LogP contribution in [0.2, 0.25) is 0 Å². The van der Waals surface area contributed by atoms with E-state index in [1.165, 1.54) is 6.20 Å². The van der Waals surface area contributed by atoms with Crippen molar-refractivity contribution >= 4 is 17.0 Å². The van der Waals surface area contributed by atoms with Crippen molar-refractivity contribution < 1.29 is 9.90 Å². The van der Waals surface area contributed by atoms with Crippen molar-refractivity contribution in [3.05, 3.63) is 52.5 Å². The highest BCUT2D eigenvalue weighted by Crippen LogP contribution is 2.20. The number of carboxylic acid groups (broad SMARTS) is 1. The largest absolute Gasteiger partial charge is 0.477 e. The Morgan fingerprint density at radius 3 is 3.00 bits per heavy atom. The average Bonchev–Trinajstić information content (AvgIpc) is 2.57. The van der Waals surface area contributed by atoms with E-state index in [-0.39, 0.29) is 11.6 Å². The van der Waals surface area contributed by atoms with Gasteiger partial charge < -0.3 is 9.67 Å². The number of carbonyl (C=O) groups is 1. The SMILES string of the molecule is C=CCn1cc(C(=O)O)c(=O)c2ccc(C3CCCNN3)nc21. The van der Waals surface area contributed by atoms with Crippen molar-refractivity contribution in [3.63, 3.8) is 0 Å². The Morgan fingerprint density at radius 1 is 1.52 bits per heavy atom. The van der Waals surface area contributed by atoms with Crippen LogP contribution in [0.3, 0.4) is 0 Å². The monoisotopic (exact) mass is 314 g/mol. The molecule has 3 rings (SSSR count). The molecule has 23 heavy (non-hydrogen) atoms. The topological polar surface area (TPSA) is 96.2 Å². The molecule has 0 aromatic carbocycles. The molecule has 0 bridgehead atoms. The van der Waals surface area contributed by atoms with E-state index in [4.69, 9.17) is 0 Å². The first kappa shape index (κ1) is 15.4. The first-order valence-corrected chi connectivity index (χ1v) is 7.48. The van der Waals surface area contributed by atoms with Crippen molar-refractivity contribution in [2.75, 3.05) is 6.54 Å². The first-order valence-electron chi connectivity index (χ1n) is 7.48. The van der Waals surface area contributed by atoms with E-state index in [0.717, 1.165) is 25.1 Å². The van der Waals surface area contributed by atoms with Gasteiger partial charge in [-0.25, -0.2) is 15.2 Å². The number of rotatable bonds is 4. The summed E-state index contributed by atoms with van der Waals surface area (Å²) in [5.74, 6) is -1.24. The van der Waals surface area contributed by atoms with Crippen LogP contribution in [0.15, 0.2) is 35.8 Å². The van der Waals surface area contributed by atoms with Crippen molar-refractivity contribution in [1.29, 1.82) is 0 Å². The van der Waals surface area contributed by atoms with Crippen molar-refractivity contribution in [1.82, 2.24) is 20.4 Å². The number of pyridine rings is 2. The van der Waals surface area contributed by atoms with E-state index < -0.39 is 11.4 Å². The van der Waals surface area contributed by atoms with Gasteiger partial charge >= 0.3 is 5.97 Å². The molecule has 0 aliphatic carbocycles. The summed E-state index contributed by atoms with van der Waals surface area (Å²) >= 11 is 0. The maximum atomic E-state index is 12.3. The Balaban J connectivity index is 2.18. The fraction of sp³-hybridized carbons (Fsp3) is 0.312. The van der Waals surface area contributed by atoms with E-state index in [2.05, 4.69) is 22.4 Å². The fourth-order valence-electron chi connectivity index (χ4n) is 2.79. The minimum absolute atomic E-state index is 0.0691. The summed E-state index contributed by atoms with van der Waals surface area (Å²) in [6.45, 7) is 4.96. The highest BCUT2D eigenvalue weighted by molar-refractivity contribution is 5.91. The van der Waals surface area contributed by atoms with Crippen LogP contribution in [0.1, 0.15) is 34.9 Å². The van der Waals surface area contributed by atoms with E-state index >= 15 is 0 Å². The molecule has 1 unspecified atom stereocenters. The first-order chi connectivity index (χ1) is 11.1. The molecule has 0 radical (unpaired) electrons. The van der Waals surface area contributed by atoms with Gasteiger partial charge in [-0.05, 0) is 25.0 Å². The van der Waals surface area contributed by atoms with E-state index in [1.54, 1.807) is 22.8 Å². The van der Waals surface area contributed by atoms with Crippen LogP contribution in [0.25, 0.3) is 11.0 Å². The number of aromatic nitrogens is 2. The van der Waals surface area contributed by atoms with E-state index in [0.29, 0.717) is 17.6 Å². The zero-order valence-corrected chi connectivity index (χ0v) is 12.6. The Hall–Kier alpha value is -2.51. The number of fused-ring (bicyclic) bond motifs is 1. The maximum absolute atomic E-state index is 12.3. The molecule has 1 aliphatic heterocycles. The molecular formula is C16H18N4O3. The number of aromatic carboxylic acids is 1. The number of hydrogen-bond donors (Lipinski definition) is 3. The lowest BCUT2D eigenvalue weighted by Crippen LogP contribution is -2.40. The molecule has 0 saturated carbocycles. The van der Waals surface area contributed by atoms with Gasteiger partial charge in [-0.1, -0.05) is 6.08 Å². The van der Waals surface area contributed by atoms with Crippen molar-refractivity contribution in [3.8, 4) is 0 Å². The number of nitrogens with zero attached hydrogens (tertiary/aromatic N) is 2. The highest BCUT2D eigenvalue weighted by atomic mass is 16.4. The second kappa shape index (κ2) is 6.31. The predicted molar refractivity (Wildman–Crippen MR) is 86.3 cm³/mol. The number of nitrogens with one attached hydrogen (secondary N) is 2. The molecule has 7 heteroatoms. The van der Waals surface area contributed by atoms with E-state index in [9.17, 15) is 14.7 Å². The normalized spacial score (nSPS) is 18.0. The highest BCUT2D eigenvalue weighted by Gasteiger charge is 2.19. The number of allylic oxidation sites excluding steroid dienone is 1. The molecule has 120 valence electrons. The summed E-state index contributed by atoms with van der Waals surface area (Å²) in [4.78, 5) is 28.2. The molecule has 1 atom stereocenters. The molecule has 1 aliphatic rings. The molecule has 1 fully saturated rings. The molecule has 0 spiro atoms. The Bertz CT molecular complexity index is 822. The standard InChI is InChI=1S/C16H18N4O3/c1-2-8-20-9-11(16(22)23)14(21)10-5-6-12(18-15(10)20)13-4-3-7-17-19-13/h2,5-6,9,13,17,19H,1,3-4,7-8H2,(H,22,23). The van der Waals surface area contributed by atoms with Crippen LogP contribution >= 0.6 is 0 Å². The van der Waals surface area contributed by atoms with E-state index in [1.807, 2.05) is 0 Å². The van der Waals surface area contributed by atoms with Gasteiger partial charge in [0.25, 0.3) is 0 Å². The zero-order valence-electron chi connectivity index (χ0n) is 12.6. The van der Waals surface area contributed by atoms with Gasteiger partial charge in [-0.3, -0.25) is 10.2 Å². The maximum Gasteiger partial charge on any atom is 0.341 e. The van der Waals surface area contributed by atoms with Gasteiger partial charge in [-0.2, -0.15) is 0 Å². The number of hydrazine groups is 1. The van der Waals surface area contributed by atoms with Gasteiger partial charge in [0.2, 0.25) is 5.43 Å². The fourth-order valence-corrected chi connectivity index (χ4v) is 2.79. The minimum Gasteiger partial charge on any atom is -0.477 e. The van der Waals surface area contributed by atoms with Gasteiger partial charge in [0.15, 0.2) is 0 Å². The molecule has 3 N–H and O–H groups in total. The lowest BCUT2D eigenvalue weighted by atomic mass is 10.1. The molecule has 7 nitrogen and oxygen atoms in total. The lowest BCUT2D eigenvalue weighted by Gasteiger charge is -2.24. The molecule has 0 amide bonds. The lowest BCUT2D eigenvalue weighted by molar-refractivity contribution is 0.0695. The predicted octanol–water partition coefficient (Wildman–Crippen LogP) is 1.21. The van der Waals surface area contributed by atoms with Crippen molar-refractivity contribution in [2.24, 2.45) is 0 Å². The number of carboxylic acids is 1. The Labute approximate surface area is 132 Å². The van der Waals surface area contributed by atoms with Gasteiger partial charge in [0, 0.05) is 19.3 Å². The van der Waals surface area contributed by atoms with Crippen LogP contribution < -0.4 is 16.3 Å². The third kappa shape index (κ3) is 2.88. The quantitative estimate of drug-likeness (QED) is 0.734. The average molecular weight is 314 g/mol. The third-order valence-electron chi connectivity index (χ3n) is 3.93. The minimum atomic E-state index is -1.24. The summed E-state index contributed by atoms with van der Waals surface area (Å²) in [6.07, 6.45) is 4.96. The zero-order chi connectivity index (χ0) is 16.4. The summed E-state index contributed by atoms with van der Waals surface area (Å²) < 4.78 is 1.65. The van der Waals surface area contributed by atoms with Crippen LogP contribution in [0.4, 0.5) is 0 Å². The van der Waals surface area contributed by atoms with Gasteiger partial charge in [-0.15, -0.1) is 6.58 Å². The smallest absolute Gasteiger partial charge is 0.341 e. The molecule has 1 saturated heterocycles. The van der Waals surface area contributed by atoms with Crippen LogP contribution in [-0.2, 0) is 6.54 Å². The molecule has 3 heterocycles. The Kier molecular flexibility index (Phi) is 4.22. The van der Waals surface area contributed by atoms with Crippen LogP contribution in [0, 0.1) is 0 Å². The van der Waals surface area contributed by atoms with Gasteiger partial charge in [0.1, 0.15) is 11.2 Å². The van der Waals surface area contributed by atoms with Crippen LogP contribution in [-0.4, -0.2) is 27.2 Å². The van der Waals surface area contributed by atoms with Crippen molar-refractivity contribution in [2.45, 2.75) is 25.4 Å².